The number of hydrogen-bond donors (Lipinski definition) is 0. The Balaban J connectivity index is 2.14. The second kappa shape index (κ2) is 8.14. The van der Waals surface area contributed by atoms with Crippen molar-refractivity contribution in [3.05, 3.63) is 126 Å². The Hall–Kier alpha value is -3.03. The molecule has 29 heavy (non-hydrogen) atoms. The summed E-state index contributed by atoms with van der Waals surface area (Å²) in [6, 6.07) is 31.8. The van der Waals surface area contributed by atoms with Gasteiger partial charge in [0.05, 0.1) is 0 Å². The highest BCUT2D eigenvalue weighted by Gasteiger charge is 2.25. The van der Waals surface area contributed by atoms with Crippen molar-refractivity contribution in [3.8, 4) is 0 Å². The molecule has 0 amide bonds. The van der Waals surface area contributed by atoms with Gasteiger partial charge in [-0.15, -0.1) is 0 Å². The first-order valence-corrected chi connectivity index (χ1v) is 11.0. The standard InChI is InChI=1S/C25H18F3P/c26-23-16-19(17-24(27)25(23)28)18-29(20-10-4-1-5-11-20,21-12-6-2-7-13-21)22-14-8-3-9-15-22/h1-18H. The van der Waals surface area contributed by atoms with Gasteiger partial charge in [-0.1, -0.05) is 91.0 Å². The molecule has 0 aromatic heterocycles. The normalized spacial score (nSPS) is 11.3. The molecule has 0 aliphatic carbocycles. The maximum atomic E-state index is 14.0. The van der Waals surface area contributed by atoms with Gasteiger partial charge in [0.1, 0.15) is 0 Å². The Morgan fingerprint density at radius 1 is 0.517 bits per heavy atom. The molecular formula is C25H18F3P. The summed E-state index contributed by atoms with van der Waals surface area (Å²) in [5.41, 5.74) is 0.311. The molecule has 144 valence electrons. The van der Waals surface area contributed by atoms with Crippen molar-refractivity contribution in [2.24, 2.45) is 0 Å². The lowest BCUT2D eigenvalue weighted by molar-refractivity contribution is 0.447. The van der Waals surface area contributed by atoms with Crippen LogP contribution in [0, 0.1) is 17.5 Å². The van der Waals surface area contributed by atoms with Crippen LogP contribution in [-0.2, 0) is 0 Å². The molecule has 0 aliphatic rings. The third kappa shape index (κ3) is 3.66. The van der Waals surface area contributed by atoms with E-state index in [2.05, 4.69) is 0 Å². The first-order valence-electron chi connectivity index (χ1n) is 9.17. The van der Waals surface area contributed by atoms with Crippen molar-refractivity contribution in [3.63, 3.8) is 0 Å². The van der Waals surface area contributed by atoms with Gasteiger partial charge in [0, 0.05) is 0 Å². The molecule has 0 nitrogen and oxygen atoms in total. The molecule has 0 saturated carbocycles. The molecule has 0 saturated heterocycles. The van der Waals surface area contributed by atoms with Crippen molar-refractivity contribution in [2.75, 3.05) is 0 Å². The Morgan fingerprint density at radius 3 is 1.21 bits per heavy atom. The third-order valence-corrected chi connectivity index (χ3v) is 8.86. The van der Waals surface area contributed by atoms with Gasteiger partial charge in [-0.25, -0.2) is 13.2 Å². The fourth-order valence-corrected chi connectivity index (χ4v) is 7.40. The summed E-state index contributed by atoms with van der Waals surface area (Å²) in [4.78, 5) is 0. The van der Waals surface area contributed by atoms with E-state index in [0.717, 1.165) is 28.0 Å². The molecule has 4 aromatic carbocycles. The summed E-state index contributed by atoms with van der Waals surface area (Å²) >= 11 is 0. The molecule has 0 heterocycles. The van der Waals surface area contributed by atoms with Crippen LogP contribution >= 0.6 is 6.89 Å². The first kappa shape index (κ1) is 19.3. The number of halogens is 3. The van der Waals surface area contributed by atoms with E-state index < -0.39 is 24.3 Å². The minimum atomic E-state index is -2.41. The molecule has 0 radical (unpaired) electrons. The minimum Gasteiger partial charge on any atom is -0.204 e. The van der Waals surface area contributed by atoms with Gasteiger partial charge < -0.3 is 0 Å². The highest BCUT2D eigenvalue weighted by Crippen LogP contribution is 2.44. The van der Waals surface area contributed by atoms with Gasteiger partial charge in [-0.3, -0.25) is 0 Å². The monoisotopic (exact) mass is 406 g/mol. The smallest absolute Gasteiger partial charge is 0.194 e. The summed E-state index contributed by atoms with van der Waals surface area (Å²) in [5.74, 6) is -1.93. The second-order valence-corrected chi connectivity index (χ2v) is 9.91. The quantitative estimate of drug-likeness (QED) is 0.321. The summed E-state index contributed by atoms with van der Waals surface area (Å²) in [5, 5.41) is 3.13. The van der Waals surface area contributed by atoms with E-state index in [4.69, 9.17) is 0 Å². The maximum Gasteiger partial charge on any atom is 0.194 e. The lowest BCUT2D eigenvalue weighted by Gasteiger charge is -2.29. The Bertz CT molecular complexity index is 1040. The van der Waals surface area contributed by atoms with Gasteiger partial charge in [-0.2, -0.15) is 0 Å². The molecule has 0 fully saturated rings. The molecule has 0 spiro atoms. The van der Waals surface area contributed by atoms with Crippen molar-refractivity contribution in [1.29, 1.82) is 0 Å². The van der Waals surface area contributed by atoms with Crippen LogP contribution in [0.25, 0.3) is 0 Å². The van der Waals surface area contributed by atoms with Crippen LogP contribution in [0.1, 0.15) is 5.56 Å². The zero-order chi connectivity index (χ0) is 20.3. The molecule has 0 atom stereocenters. The Kier molecular flexibility index (Phi) is 5.42. The topological polar surface area (TPSA) is 0 Å². The zero-order valence-electron chi connectivity index (χ0n) is 15.5. The lowest BCUT2D eigenvalue weighted by atomic mass is 10.2. The highest BCUT2D eigenvalue weighted by molar-refractivity contribution is 7.94. The molecule has 4 heteroatoms. The number of rotatable bonds is 4. The van der Waals surface area contributed by atoms with Crippen LogP contribution in [0.3, 0.4) is 0 Å². The number of hydrogen-bond acceptors (Lipinski definition) is 0. The fourth-order valence-electron chi connectivity index (χ4n) is 3.53. The van der Waals surface area contributed by atoms with Crippen molar-refractivity contribution in [2.45, 2.75) is 0 Å². The van der Waals surface area contributed by atoms with Crippen molar-refractivity contribution >= 4 is 28.6 Å². The minimum absolute atomic E-state index is 0.311. The largest absolute Gasteiger partial charge is 0.204 e. The van der Waals surface area contributed by atoms with Gasteiger partial charge in [0.15, 0.2) is 17.5 Å². The van der Waals surface area contributed by atoms with Crippen LogP contribution in [0.15, 0.2) is 103 Å². The Labute approximate surface area is 168 Å². The van der Waals surface area contributed by atoms with Crippen molar-refractivity contribution < 1.29 is 13.2 Å². The van der Waals surface area contributed by atoms with E-state index in [1.165, 1.54) is 0 Å². The van der Waals surface area contributed by atoms with Crippen LogP contribution < -0.4 is 15.9 Å². The predicted molar refractivity (Wildman–Crippen MR) is 117 cm³/mol. The van der Waals surface area contributed by atoms with Crippen LogP contribution in [0.5, 0.6) is 0 Å². The van der Waals surface area contributed by atoms with Gasteiger partial charge in [0.2, 0.25) is 0 Å². The first-order chi connectivity index (χ1) is 14.1. The van der Waals surface area contributed by atoms with Gasteiger partial charge >= 0.3 is 0 Å². The summed E-state index contributed by atoms with van der Waals surface area (Å²) in [6.07, 6.45) is 0. The molecule has 0 aliphatic heterocycles. The van der Waals surface area contributed by atoms with Crippen LogP contribution in [-0.4, -0.2) is 5.80 Å². The predicted octanol–water partition coefficient (Wildman–Crippen LogP) is 5.25. The highest BCUT2D eigenvalue weighted by atomic mass is 31.2. The van der Waals surface area contributed by atoms with E-state index in [9.17, 15) is 13.2 Å². The molecular weight excluding hydrogens is 388 g/mol. The van der Waals surface area contributed by atoms with Crippen LogP contribution in [0.4, 0.5) is 13.2 Å². The number of benzene rings is 4. The lowest BCUT2D eigenvalue weighted by Crippen LogP contribution is -2.27. The van der Waals surface area contributed by atoms with E-state index in [-0.39, 0.29) is 0 Å². The van der Waals surface area contributed by atoms with Gasteiger partial charge in [-0.05, 0) is 46.3 Å². The second-order valence-electron chi connectivity index (χ2n) is 6.66. The Morgan fingerprint density at radius 2 is 0.862 bits per heavy atom. The molecule has 4 aromatic rings. The zero-order valence-corrected chi connectivity index (χ0v) is 16.4. The van der Waals surface area contributed by atoms with E-state index >= 15 is 0 Å². The van der Waals surface area contributed by atoms with Gasteiger partial charge in [0.25, 0.3) is 0 Å². The maximum absolute atomic E-state index is 14.0. The molecule has 4 rings (SSSR count). The third-order valence-electron chi connectivity index (χ3n) is 4.84. The molecule has 0 bridgehead atoms. The summed E-state index contributed by atoms with van der Waals surface area (Å²) in [6.45, 7) is -2.41. The fraction of sp³-hybridized carbons (Fsp3) is 0. The molecule has 0 unspecified atom stereocenters. The average Bonchev–Trinajstić information content (AvgIpc) is 2.77. The van der Waals surface area contributed by atoms with Crippen LogP contribution in [0.2, 0.25) is 0 Å². The van der Waals surface area contributed by atoms with E-state index in [0.29, 0.717) is 5.56 Å². The van der Waals surface area contributed by atoms with Crippen molar-refractivity contribution in [1.82, 2.24) is 0 Å². The average molecular weight is 406 g/mol. The van der Waals surface area contributed by atoms with E-state index in [1.807, 2.05) is 96.8 Å². The molecule has 0 N–H and O–H groups in total. The summed E-state index contributed by atoms with van der Waals surface area (Å²) in [7, 11) is 0. The van der Waals surface area contributed by atoms with E-state index in [1.54, 1.807) is 0 Å². The summed E-state index contributed by atoms with van der Waals surface area (Å²) < 4.78 is 41.6. The SMILES string of the molecule is Fc1cc(C=P(c2ccccc2)(c2ccccc2)c2ccccc2)cc(F)c1F.